The van der Waals surface area contributed by atoms with E-state index in [1.54, 1.807) is 0 Å². The molecule has 0 saturated heterocycles. The maximum atomic E-state index is 12.6. The molecule has 0 aliphatic carbocycles. The number of nitrogens with one attached hydrogen (secondary N) is 1. The predicted octanol–water partition coefficient (Wildman–Crippen LogP) is 3.57. The highest BCUT2D eigenvalue weighted by molar-refractivity contribution is 5.81. The maximum absolute atomic E-state index is 12.6. The van der Waals surface area contributed by atoms with Crippen molar-refractivity contribution in [1.82, 2.24) is 10.2 Å². The summed E-state index contributed by atoms with van der Waals surface area (Å²) in [5, 5.41) is 3.19. The number of hydrogen-bond donors (Lipinski definition) is 1. The van der Waals surface area contributed by atoms with Crippen LogP contribution in [0.2, 0.25) is 0 Å². The largest absolute Gasteiger partial charge is 0.352 e. The Bertz CT molecular complexity index is 698. The molecular formula is C22H28N2O. The van der Waals surface area contributed by atoms with Crippen LogP contribution in [0.15, 0.2) is 54.6 Å². The first kappa shape index (κ1) is 17.7. The summed E-state index contributed by atoms with van der Waals surface area (Å²) >= 11 is 0. The molecule has 0 saturated carbocycles. The Morgan fingerprint density at radius 1 is 1.04 bits per heavy atom. The standard InChI is InChI=1S/C22H28N2O/c1-17(12-13-19-8-4-3-5-9-19)23-22(25)18(2)24-15-14-20-10-6-7-11-21(20)16-24/h3-11,17-18H,12-16H2,1-2H3,(H,23,25). The van der Waals surface area contributed by atoms with Crippen molar-refractivity contribution >= 4 is 5.91 Å². The molecule has 25 heavy (non-hydrogen) atoms. The normalized spacial score (nSPS) is 16.7. The number of hydrogen-bond acceptors (Lipinski definition) is 2. The molecule has 2 aromatic rings. The van der Waals surface area contributed by atoms with Gasteiger partial charge in [0, 0.05) is 19.1 Å². The molecule has 3 rings (SSSR count). The van der Waals surface area contributed by atoms with E-state index in [-0.39, 0.29) is 18.0 Å². The van der Waals surface area contributed by atoms with Gasteiger partial charge in [0.2, 0.25) is 5.91 Å². The van der Waals surface area contributed by atoms with Gasteiger partial charge in [-0.1, -0.05) is 54.6 Å². The van der Waals surface area contributed by atoms with Crippen LogP contribution in [0.1, 0.15) is 37.0 Å². The van der Waals surface area contributed by atoms with Crippen LogP contribution in [-0.4, -0.2) is 29.4 Å². The Labute approximate surface area is 151 Å². The smallest absolute Gasteiger partial charge is 0.237 e. The van der Waals surface area contributed by atoms with Gasteiger partial charge in [0.15, 0.2) is 0 Å². The van der Waals surface area contributed by atoms with Gasteiger partial charge in [-0.25, -0.2) is 0 Å². The molecule has 0 spiro atoms. The third-order valence-electron chi connectivity index (χ3n) is 5.18. The van der Waals surface area contributed by atoms with Crippen LogP contribution in [0.3, 0.4) is 0 Å². The van der Waals surface area contributed by atoms with E-state index in [0.717, 1.165) is 32.4 Å². The highest BCUT2D eigenvalue weighted by Crippen LogP contribution is 2.20. The van der Waals surface area contributed by atoms with Gasteiger partial charge in [-0.05, 0) is 49.8 Å². The summed E-state index contributed by atoms with van der Waals surface area (Å²) in [5.74, 6) is 0.139. The fraction of sp³-hybridized carbons (Fsp3) is 0.409. The van der Waals surface area contributed by atoms with Crippen molar-refractivity contribution in [2.24, 2.45) is 0 Å². The third kappa shape index (κ3) is 4.70. The van der Waals surface area contributed by atoms with Gasteiger partial charge in [0.25, 0.3) is 0 Å². The Kier molecular flexibility index (Phi) is 5.87. The van der Waals surface area contributed by atoms with E-state index in [9.17, 15) is 4.79 Å². The van der Waals surface area contributed by atoms with Crippen LogP contribution < -0.4 is 5.32 Å². The zero-order chi connectivity index (χ0) is 17.6. The van der Waals surface area contributed by atoms with E-state index < -0.39 is 0 Å². The van der Waals surface area contributed by atoms with Crippen LogP contribution in [0.5, 0.6) is 0 Å². The molecule has 2 unspecified atom stereocenters. The second kappa shape index (κ2) is 8.30. The van der Waals surface area contributed by atoms with E-state index in [4.69, 9.17) is 0 Å². The van der Waals surface area contributed by atoms with Crippen LogP contribution >= 0.6 is 0 Å². The van der Waals surface area contributed by atoms with Gasteiger partial charge in [-0.3, -0.25) is 9.69 Å². The topological polar surface area (TPSA) is 32.3 Å². The summed E-state index contributed by atoms with van der Waals surface area (Å²) in [4.78, 5) is 14.9. The van der Waals surface area contributed by atoms with E-state index in [1.807, 2.05) is 13.0 Å². The second-order valence-electron chi connectivity index (χ2n) is 7.10. The molecule has 2 aromatic carbocycles. The van der Waals surface area contributed by atoms with E-state index >= 15 is 0 Å². The lowest BCUT2D eigenvalue weighted by Crippen LogP contribution is -2.49. The van der Waals surface area contributed by atoms with Gasteiger partial charge in [0.1, 0.15) is 0 Å². The van der Waals surface area contributed by atoms with Crippen molar-refractivity contribution in [3.8, 4) is 0 Å². The monoisotopic (exact) mass is 336 g/mol. The highest BCUT2D eigenvalue weighted by atomic mass is 16.2. The zero-order valence-corrected chi connectivity index (χ0v) is 15.2. The highest BCUT2D eigenvalue weighted by Gasteiger charge is 2.25. The average Bonchev–Trinajstić information content (AvgIpc) is 2.66. The van der Waals surface area contributed by atoms with Gasteiger partial charge >= 0.3 is 0 Å². The number of carbonyl (C=O) groups excluding carboxylic acids is 1. The molecule has 0 bridgehead atoms. The summed E-state index contributed by atoms with van der Waals surface area (Å²) in [6, 6.07) is 19.1. The molecule has 2 atom stereocenters. The van der Waals surface area contributed by atoms with Crippen molar-refractivity contribution in [1.29, 1.82) is 0 Å². The molecular weight excluding hydrogens is 308 g/mol. The molecule has 132 valence electrons. The minimum atomic E-state index is -0.0902. The summed E-state index contributed by atoms with van der Waals surface area (Å²) in [5.41, 5.74) is 4.09. The number of carbonyl (C=O) groups is 1. The molecule has 0 fully saturated rings. The number of nitrogens with zero attached hydrogens (tertiary/aromatic N) is 1. The number of fused-ring (bicyclic) bond motifs is 1. The quantitative estimate of drug-likeness (QED) is 0.874. The first-order valence-corrected chi connectivity index (χ1v) is 9.28. The van der Waals surface area contributed by atoms with Gasteiger partial charge < -0.3 is 5.32 Å². The second-order valence-corrected chi connectivity index (χ2v) is 7.10. The first-order chi connectivity index (χ1) is 12.1. The Balaban J connectivity index is 1.49. The maximum Gasteiger partial charge on any atom is 0.237 e. The molecule has 1 aliphatic heterocycles. The van der Waals surface area contributed by atoms with Crippen molar-refractivity contribution in [3.05, 3.63) is 71.3 Å². The summed E-state index contributed by atoms with van der Waals surface area (Å²) in [6.07, 6.45) is 2.98. The van der Waals surface area contributed by atoms with Crippen LogP contribution in [0.4, 0.5) is 0 Å². The number of amides is 1. The van der Waals surface area contributed by atoms with E-state index in [0.29, 0.717) is 0 Å². The van der Waals surface area contributed by atoms with Crippen LogP contribution in [0, 0.1) is 0 Å². The van der Waals surface area contributed by atoms with Gasteiger partial charge in [-0.15, -0.1) is 0 Å². The molecule has 0 aromatic heterocycles. The van der Waals surface area contributed by atoms with Gasteiger partial charge in [0.05, 0.1) is 6.04 Å². The predicted molar refractivity (Wildman–Crippen MR) is 102 cm³/mol. The fourth-order valence-corrected chi connectivity index (χ4v) is 3.48. The molecule has 1 amide bonds. The third-order valence-corrected chi connectivity index (χ3v) is 5.18. The van der Waals surface area contributed by atoms with Crippen molar-refractivity contribution in [3.63, 3.8) is 0 Å². The Hall–Kier alpha value is -2.13. The molecule has 3 nitrogen and oxygen atoms in total. The molecule has 3 heteroatoms. The average molecular weight is 336 g/mol. The lowest BCUT2D eigenvalue weighted by Gasteiger charge is -2.33. The number of aryl methyl sites for hydroxylation is 1. The van der Waals surface area contributed by atoms with Crippen molar-refractivity contribution in [2.75, 3.05) is 6.54 Å². The van der Waals surface area contributed by atoms with Crippen molar-refractivity contribution < 1.29 is 4.79 Å². The minimum absolute atomic E-state index is 0.0902. The molecule has 1 aliphatic rings. The van der Waals surface area contributed by atoms with Crippen molar-refractivity contribution in [2.45, 2.75) is 51.7 Å². The zero-order valence-electron chi connectivity index (χ0n) is 15.2. The van der Waals surface area contributed by atoms with Gasteiger partial charge in [-0.2, -0.15) is 0 Å². The lowest BCUT2D eigenvalue weighted by atomic mass is 9.98. The van der Waals surface area contributed by atoms with Crippen LogP contribution in [0.25, 0.3) is 0 Å². The van der Waals surface area contributed by atoms with E-state index in [1.165, 1.54) is 16.7 Å². The SMILES string of the molecule is CC(CCc1ccccc1)NC(=O)C(C)N1CCc2ccccc2C1. The molecule has 0 radical (unpaired) electrons. The minimum Gasteiger partial charge on any atom is -0.352 e. The Morgan fingerprint density at radius 3 is 2.48 bits per heavy atom. The Morgan fingerprint density at radius 2 is 1.72 bits per heavy atom. The summed E-state index contributed by atoms with van der Waals surface area (Å²) in [7, 11) is 0. The molecule has 1 heterocycles. The summed E-state index contributed by atoms with van der Waals surface area (Å²) < 4.78 is 0. The fourth-order valence-electron chi connectivity index (χ4n) is 3.48. The summed E-state index contributed by atoms with van der Waals surface area (Å²) in [6.45, 7) is 5.93. The lowest BCUT2D eigenvalue weighted by molar-refractivity contribution is -0.126. The number of rotatable bonds is 6. The molecule has 1 N–H and O–H groups in total. The van der Waals surface area contributed by atoms with E-state index in [2.05, 4.69) is 65.7 Å². The van der Waals surface area contributed by atoms with Crippen LogP contribution in [-0.2, 0) is 24.2 Å². The first-order valence-electron chi connectivity index (χ1n) is 9.28. The number of benzene rings is 2.